The molecule has 0 aliphatic heterocycles. The molecule has 1 N–H and O–H groups in total. The van der Waals surface area contributed by atoms with E-state index in [2.05, 4.69) is 15.3 Å². The van der Waals surface area contributed by atoms with Gasteiger partial charge in [0.1, 0.15) is 11.5 Å². The van der Waals surface area contributed by atoms with Crippen LogP contribution in [0.25, 0.3) is 0 Å². The third kappa shape index (κ3) is 5.10. The van der Waals surface area contributed by atoms with Crippen molar-refractivity contribution < 1.29 is 13.9 Å². The molecule has 0 aliphatic rings. The van der Waals surface area contributed by atoms with Crippen LogP contribution in [-0.2, 0) is 16.1 Å². The highest BCUT2D eigenvalue weighted by Crippen LogP contribution is 2.09. The highest BCUT2D eigenvalue weighted by molar-refractivity contribution is 7.80. The van der Waals surface area contributed by atoms with Crippen molar-refractivity contribution in [3.05, 3.63) is 35.6 Å². The van der Waals surface area contributed by atoms with Crippen LogP contribution in [0, 0.1) is 5.82 Å². The molecule has 0 atom stereocenters. The molecule has 0 saturated carbocycles. The van der Waals surface area contributed by atoms with Gasteiger partial charge in [-0.1, -0.05) is 12.1 Å². The second kappa shape index (κ2) is 7.76. The number of nitrogens with zero attached hydrogens (tertiary/aromatic N) is 2. The molecule has 8 heteroatoms. The minimum atomic E-state index is -0.577. The van der Waals surface area contributed by atoms with Crippen molar-refractivity contribution >= 4 is 40.8 Å². The third-order valence-electron chi connectivity index (χ3n) is 2.23. The third-order valence-corrected chi connectivity index (χ3v) is 2.93. The molecule has 5 nitrogen and oxygen atoms in total. The molecule has 0 aromatic heterocycles. The fourth-order valence-electron chi connectivity index (χ4n) is 1.25. The van der Waals surface area contributed by atoms with E-state index in [-0.39, 0.29) is 23.2 Å². The van der Waals surface area contributed by atoms with Gasteiger partial charge in [0.15, 0.2) is 0 Å². The lowest BCUT2D eigenvalue weighted by Gasteiger charge is -2.16. The molecule has 108 valence electrons. The Labute approximate surface area is 126 Å². The average Bonchev–Trinajstić information content (AvgIpc) is 2.43. The SMILES string of the molecule is COC(=O)C(C)=NNC(=S)N(Cl)Cc1cccc(F)c1. The molecule has 0 aliphatic carbocycles. The van der Waals surface area contributed by atoms with Gasteiger partial charge in [-0.25, -0.2) is 9.18 Å². The second-order valence-electron chi connectivity index (χ2n) is 3.76. The molecule has 1 rings (SSSR count). The Hall–Kier alpha value is -1.73. The zero-order valence-electron chi connectivity index (χ0n) is 10.9. The number of thiocarbonyl (C=S) groups is 1. The lowest BCUT2D eigenvalue weighted by atomic mass is 10.2. The molecular formula is C12H13ClFN3O2S. The van der Waals surface area contributed by atoms with Gasteiger partial charge in [0.2, 0.25) is 5.11 Å². The van der Waals surface area contributed by atoms with E-state index in [1.807, 2.05) is 0 Å². The molecule has 0 bridgehead atoms. The van der Waals surface area contributed by atoms with E-state index in [9.17, 15) is 9.18 Å². The molecule has 0 spiro atoms. The van der Waals surface area contributed by atoms with E-state index in [0.29, 0.717) is 5.56 Å². The Morgan fingerprint density at radius 2 is 2.30 bits per heavy atom. The summed E-state index contributed by atoms with van der Waals surface area (Å²) >= 11 is 10.9. The monoisotopic (exact) mass is 317 g/mol. The Morgan fingerprint density at radius 1 is 1.60 bits per heavy atom. The maximum atomic E-state index is 13.0. The summed E-state index contributed by atoms with van der Waals surface area (Å²) in [5.74, 6) is -0.933. The highest BCUT2D eigenvalue weighted by Gasteiger charge is 2.09. The van der Waals surface area contributed by atoms with Crippen LogP contribution in [0.3, 0.4) is 0 Å². The molecule has 0 radical (unpaired) electrons. The van der Waals surface area contributed by atoms with Crippen LogP contribution >= 0.6 is 24.0 Å². The van der Waals surface area contributed by atoms with Gasteiger partial charge < -0.3 is 4.74 Å². The molecule has 20 heavy (non-hydrogen) atoms. The van der Waals surface area contributed by atoms with Gasteiger partial charge >= 0.3 is 5.97 Å². The summed E-state index contributed by atoms with van der Waals surface area (Å²) in [5.41, 5.74) is 3.20. The van der Waals surface area contributed by atoms with Crippen LogP contribution in [0.15, 0.2) is 29.4 Å². The van der Waals surface area contributed by atoms with E-state index < -0.39 is 5.97 Å². The number of hydrogen-bond acceptors (Lipinski definition) is 4. The van der Waals surface area contributed by atoms with Gasteiger partial charge in [0.25, 0.3) is 0 Å². The number of methoxy groups -OCH3 is 1. The van der Waals surface area contributed by atoms with Crippen LogP contribution in [0.5, 0.6) is 0 Å². The van der Waals surface area contributed by atoms with Crippen LogP contribution in [-0.4, -0.2) is 28.3 Å². The number of esters is 1. The normalized spacial score (nSPS) is 10.9. The molecule has 0 amide bonds. The van der Waals surface area contributed by atoms with Crippen molar-refractivity contribution in [3.8, 4) is 0 Å². The predicted octanol–water partition coefficient (Wildman–Crippen LogP) is 2.20. The first-order chi connectivity index (χ1) is 9.43. The molecule has 0 fully saturated rings. The number of carbonyl (C=O) groups is 1. The fraction of sp³-hybridized carbons (Fsp3) is 0.250. The lowest BCUT2D eigenvalue weighted by molar-refractivity contribution is -0.132. The summed E-state index contributed by atoms with van der Waals surface area (Å²) in [6.07, 6.45) is 0. The lowest BCUT2D eigenvalue weighted by Crippen LogP contribution is -2.31. The summed E-state index contributed by atoms with van der Waals surface area (Å²) in [6.45, 7) is 1.66. The number of carbonyl (C=O) groups excluding carboxylic acids is 1. The topological polar surface area (TPSA) is 53.9 Å². The van der Waals surface area contributed by atoms with Gasteiger partial charge in [-0.05, 0) is 36.8 Å². The largest absolute Gasteiger partial charge is 0.464 e. The number of benzene rings is 1. The maximum Gasteiger partial charge on any atom is 0.353 e. The van der Waals surface area contributed by atoms with Crippen molar-refractivity contribution in [1.29, 1.82) is 0 Å². The number of hydrogen-bond donors (Lipinski definition) is 1. The second-order valence-corrected chi connectivity index (χ2v) is 4.55. The minimum Gasteiger partial charge on any atom is -0.464 e. The minimum absolute atomic E-state index is 0.0826. The van der Waals surface area contributed by atoms with E-state index in [1.165, 1.54) is 26.2 Å². The Balaban J connectivity index is 2.57. The van der Waals surface area contributed by atoms with Gasteiger partial charge in [-0.3, -0.25) is 9.84 Å². The summed E-state index contributed by atoms with van der Waals surface area (Å²) < 4.78 is 18.6. The first kappa shape index (κ1) is 16.3. The number of hydrazone groups is 1. The van der Waals surface area contributed by atoms with Crippen LogP contribution < -0.4 is 5.43 Å². The molecule has 1 aromatic carbocycles. The standard InChI is InChI=1S/C12H13ClFN3O2S/c1-8(11(18)19-2)15-16-12(20)17(13)7-9-4-3-5-10(14)6-9/h3-6H,7H2,1-2H3,(H,16,20). The first-order valence-corrected chi connectivity index (χ1v) is 6.29. The molecule has 0 saturated heterocycles. The summed E-state index contributed by atoms with van der Waals surface area (Å²) in [4.78, 5) is 11.1. The number of ether oxygens (including phenoxy) is 1. The zero-order chi connectivity index (χ0) is 15.1. The van der Waals surface area contributed by atoms with Crippen molar-refractivity contribution in [3.63, 3.8) is 0 Å². The Bertz CT molecular complexity index is 539. The smallest absolute Gasteiger partial charge is 0.353 e. The summed E-state index contributed by atoms with van der Waals surface area (Å²) in [5, 5.41) is 3.81. The maximum absolute atomic E-state index is 13.0. The van der Waals surface area contributed by atoms with Crippen LogP contribution in [0.1, 0.15) is 12.5 Å². The van der Waals surface area contributed by atoms with Gasteiger partial charge in [-0.2, -0.15) is 5.10 Å². The van der Waals surface area contributed by atoms with E-state index in [0.717, 1.165) is 4.42 Å². The number of rotatable bonds is 4. The molecule has 1 aromatic rings. The Kier molecular flexibility index (Phi) is 6.33. The van der Waals surface area contributed by atoms with Gasteiger partial charge in [0.05, 0.1) is 13.7 Å². The van der Waals surface area contributed by atoms with E-state index >= 15 is 0 Å². The first-order valence-electron chi connectivity index (χ1n) is 5.54. The Morgan fingerprint density at radius 3 is 2.90 bits per heavy atom. The van der Waals surface area contributed by atoms with E-state index in [1.54, 1.807) is 12.1 Å². The average molecular weight is 318 g/mol. The van der Waals surface area contributed by atoms with Crippen molar-refractivity contribution in [2.24, 2.45) is 5.10 Å². The fourth-order valence-corrected chi connectivity index (χ4v) is 1.53. The van der Waals surface area contributed by atoms with E-state index in [4.69, 9.17) is 24.0 Å². The van der Waals surface area contributed by atoms with Crippen LogP contribution in [0.4, 0.5) is 4.39 Å². The van der Waals surface area contributed by atoms with Gasteiger partial charge in [-0.15, -0.1) is 0 Å². The van der Waals surface area contributed by atoms with Crippen molar-refractivity contribution in [2.45, 2.75) is 13.5 Å². The predicted molar refractivity (Wildman–Crippen MR) is 78.7 cm³/mol. The molecule has 0 heterocycles. The molecule has 0 unspecified atom stereocenters. The number of nitrogens with one attached hydrogen (secondary N) is 1. The summed E-state index contributed by atoms with van der Waals surface area (Å²) in [7, 11) is 1.25. The number of halogens is 2. The van der Waals surface area contributed by atoms with Crippen molar-refractivity contribution in [2.75, 3.05) is 7.11 Å². The quantitative estimate of drug-likeness (QED) is 0.303. The zero-order valence-corrected chi connectivity index (χ0v) is 12.5. The summed E-state index contributed by atoms with van der Waals surface area (Å²) in [6, 6.07) is 5.97. The van der Waals surface area contributed by atoms with Crippen molar-refractivity contribution in [1.82, 2.24) is 9.84 Å². The molecular weight excluding hydrogens is 305 g/mol. The highest BCUT2D eigenvalue weighted by atomic mass is 35.5. The van der Waals surface area contributed by atoms with Gasteiger partial charge in [0, 0.05) is 11.8 Å². The van der Waals surface area contributed by atoms with Crippen LogP contribution in [0.2, 0.25) is 0 Å².